The van der Waals surface area contributed by atoms with Gasteiger partial charge in [0.1, 0.15) is 0 Å². The number of carbonyl (C=O) groups excluding carboxylic acids is 1. The van der Waals surface area contributed by atoms with Gasteiger partial charge in [-0.25, -0.2) is 0 Å². The summed E-state index contributed by atoms with van der Waals surface area (Å²) in [6.07, 6.45) is 1.68. The molecule has 0 spiro atoms. The van der Waals surface area contributed by atoms with Crippen LogP contribution < -0.4 is 0 Å². The summed E-state index contributed by atoms with van der Waals surface area (Å²) in [5.74, 6) is 0.631. The summed E-state index contributed by atoms with van der Waals surface area (Å²) < 4.78 is 5.67. The summed E-state index contributed by atoms with van der Waals surface area (Å²) in [6.45, 7) is 2.19. The van der Waals surface area contributed by atoms with Gasteiger partial charge in [-0.1, -0.05) is 30.3 Å². The van der Waals surface area contributed by atoms with Crippen molar-refractivity contribution in [3.05, 3.63) is 35.9 Å². The van der Waals surface area contributed by atoms with E-state index in [0.29, 0.717) is 25.6 Å². The van der Waals surface area contributed by atoms with Crippen LogP contribution in [0.4, 0.5) is 0 Å². The second-order valence-electron chi connectivity index (χ2n) is 4.67. The Kier molecular flexibility index (Phi) is 4.15. The molecule has 1 aromatic rings. The van der Waals surface area contributed by atoms with E-state index in [1.54, 1.807) is 4.90 Å². The maximum Gasteiger partial charge on any atom is 0.222 e. The zero-order valence-corrected chi connectivity index (χ0v) is 10.3. The second-order valence-corrected chi connectivity index (χ2v) is 4.67. The molecule has 1 atom stereocenters. The van der Waals surface area contributed by atoms with Crippen molar-refractivity contribution in [2.45, 2.75) is 19.4 Å². The van der Waals surface area contributed by atoms with Gasteiger partial charge >= 0.3 is 0 Å². The summed E-state index contributed by atoms with van der Waals surface area (Å²) in [4.78, 5) is 13.3. The predicted octanol–water partition coefficient (Wildman–Crippen LogP) is 2.07. The first kappa shape index (κ1) is 12.1. The highest BCUT2D eigenvalue weighted by molar-refractivity contribution is 5.76. The van der Waals surface area contributed by atoms with E-state index in [4.69, 9.17) is 4.74 Å². The maximum atomic E-state index is 11.5. The van der Waals surface area contributed by atoms with Crippen LogP contribution in [0.1, 0.15) is 18.4 Å². The fourth-order valence-corrected chi connectivity index (χ4v) is 2.07. The molecule has 1 saturated heterocycles. The number of ether oxygens (including phenoxy) is 1. The van der Waals surface area contributed by atoms with E-state index in [-0.39, 0.29) is 5.91 Å². The summed E-state index contributed by atoms with van der Waals surface area (Å²) >= 11 is 0. The number of hydrogen-bond donors (Lipinski definition) is 0. The molecular formula is C14H19NO2. The zero-order valence-electron chi connectivity index (χ0n) is 10.3. The van der Waals surface area contributed by atoms with Crippen molar-refractivity contribution < 1.29 is 9.53 Å². The molecule has 1 fully saturated rings. The average Bonchev–Trinajstić information content (AvgIpc) is 2.35. The molecule has 92 valence electrons. The Morgan fingerprint density at radius 2 is 2.12 bits per heavy atom. The number of carbonyl (C=O) groups is 1. The number of rotatable bonds is 4. The fraction of sp³-hybridized carbons (Fsp3) is 0.500. The second kappa shape index (κ2) is 5.82. The van der Waals surface area contributed by atoms with E-state index in [1.807, 2.05) is 25.2 Å². The van der Waals surface area contributed by atoms with Crippen LogP contribution in [0.25, 0.3) is 0 Å². The van der Waals surface area contributed by atoms with Gasteiger partial charge in [0.05, 0.1) is 13.2 Å². The zero-order chi connectivity index (χ0) is 12.1. The lowest BCUT2D eigenvalue weighted by Gasteiger charge is -2.28. The first-order chi connectivity index (χ1) is 8.25. The molecule has 3 heteroatoms. The summed E-state index contributed by atoms with van der Waals surface area (Å²) in [6, 6.07) is 10.1. The minimum Gasteiger partial charge on any atom is -0.376 e. The van der Waals surface area contributed by atoms with Crippen molar-refractivity contribution in [1.29, 1.82) is 0 Å². The molecule has 1 aliphatic rings. The monoisotopic (exact) mass is 233 g/mol. The number of benzene rings is 1. The molecule has 1 unspecified atom stereocenters. The van der Waals surface area contributed by atoms with Gasteiger partial charge in [0.2, 0.25) is 5.91 Å². The molecule has 0 bridgehead atoms. The van der Waals surface area contributed by atoms with Crippen molar-refractivity contribution in [1.82, 2.24) is 4.90 Å². The van der Waals surface area contributed by atoms with Crippen LogP contribution in [-0.4, -0.2) is 31.0 Å². The standard InChI is InChI=1S/C14H19NO2/c1-15-8-7-13(9-14(15)16)11-17-10-12-5-3-2-4-6-12/h2-6,13H,7-11H2,1H3. The summed E-state index contributed by atoms with van der Waals surface area (Å²) in [5.41, 5.74) is 1.19. The van der Waals surface area contributed by atoms with Crippen molar-refractivity contribution in [3.63, 3.8) is 0 Å². The molecular weight excluding hydrogens is 214 g/mol. The number of nitrogens with zero attached hydrogens (tertiary/aromatic N) is 1. The molecule has 1 heterocycles. The van der Waals surface area contributed by atoms with Gasteiger partial charge in [0.15, 0.2) is 0 Å². The van der Waals surface area contributed by atoms with E-state index in [0.717, 1.165) is 13.0 Å². The lowest BCUT2D eigenvalue weighted by molar-refractivity contribution is -0.134. The van der Waals surface area contributed by atoms with Gasteiger partial charge in [0, 0.05) is 20.0 Å². The van der Waals surface area contributed by atoms with Crippen LogP contribution in [0.2, 0.25) is 0 Å². The smallest absolute Gasteiger partial charge is 0.222 e. The Morgan fingerprint density at radius 1 is 1.35 bits per heavy atom. The normalized spacial score (nSPS) is 20.6. The first-order valence-electron chi connectivity index (χ1n) is 6.11. The molecule has 17 heavy (non-hydrogen) atoms. The Balaban J connectivity index is 1.71. The van der Waals surface area contributed by atoms with Crippen molar-refractivity contribution in [2.75, 3.05) is 20.2 Å². The van der Waals surface area contributed by atoms with Crippen LogP contribution in [0.3, 0.4) is 0 Å². The average molecular weight is 233 g/mol. The highest BCUT2D eigenvalue weighted by Gasteiger charge is 2.23. The van der Waals surface area contributed by atoms with E-state index >= 15 is 0 Å². The first-order valence-corrected chi connectivity index (χ1v) is 6.11. The number of hydrogen-bond acceptors (Lipinski definition) is 2. The molecule has 0 aromatic heterocycles. The Morgan fingerprint density at radius 3 is 2.82 bits per heavy atom. The lowest BCUT2D eigenvalue weighted by Crippen LogP contribution is -2.36. The molecule has 0 saturated carbocycles. The molecule has 0 N–H and O–H groups in total. The summed E-state index contributed by atoms with van der Waals surface area (Å²) in [5, 5.41) is 0. The minimum atomic E-state index is 0.240. The van der Waals surface area contributed by atoms with Gasteiger partial charge in [-0.3, -0.25) is 4.79 Å². The SMILES string of the molecule is CN1CCC(COCc2ccccc2)CC1=O. The third-order valence-corrected chi connectivity index (χ3v) is 3.23. The molecule has 1 aromatic carbocycles. The van der Waals surface area contributed by atoms with Crippen LogP contribution in [0.15, 0.2) is 30.3 Å². The van der Waals surface area contributed by atoms with Gasteiger partial charge < -0.3 is 9.64 Å². The third kappa shape index (κ3) is 3.56. The Labute approximate surface area is 102 Å². The van der Waals surface area contributed by atoms with Crippen LogP contribution >= 0.6 is 0 Å². The van der Waals surface area contributed by atoms with Crippen LogP contribution in [0, 0.1) is 5.92 Å². The number of amides is 1. The molecule has 2 rings (SSSR count). The van der Waals surface area contributed by atoms with Crippen molar-refractivity contribution in [3.8, 4) is 0 Å². The van der Waals surface area contributed by atoms with Gasteiger partial charge in [-0.05, 0) is 17.9 Å². The number of likely N-dealkylation sites (tertiary alicyclic amines) is 1. The highest BCUT2D eigenvalue weighted by atomic mass is 16.5. The topological polar surface area (TPSA) is 29.5 Å². The van der Waals surface area contributed by atoms with E-state index in [1.165, 1.54) is 5.56 Å². The van der Waals surface area contributed by atoms with Gasteiger partial charge in [0.25, 0.3) is 0 Å². The Bertz CT molecular complexity index is 364. The molecule has 1 aliphatic heterocycles. The van der Waals surface area contributed by atoms with Crippen molar-refractivity contribution in [2.24, 2.45) is 5.92 Å². The minimum absolute atomic E-state index is 0.240. The molecule has 0 radical (unpaired) electrons. The third-order valence-electron chi connectivity index (χ3n) is 3.23. The van der Waals surface area contributed by atoms with Gasteiger partial charge in [-0.15, -0.1) is 0 Å². The van der Waals surface area contributed by atoms with E-state index in [9.17, 15) is 4.79 Å². The number of piperidine rings is 1. The van der Waals surface area contributed by atoms with Crippen molar-refractivity contribution >= 4 is 5.91 Å². The van der Waals surface area contributed by atoms with E-state index < -0.39 is 0 Å². The quantitative estimate of drug-likeness (QED) is 0.796. The van der Waals surface area contributed by atoms with Crippen LogP contribution in [0.5, 0.6) is 0 Å². The largest absolute Gasteiger partial charge is 0.376 e. The van der Waals surface area contributed by atoms with Gasteiger partial charge in [-0.2, -0.15) is 0 Å². The highest BCUT2D eigenvalue weighted by Crippen LogP contribution is 2.17. The molecule has 1 amide bonds. The maximum absolute atomic E-state index is 11.5. The lowest BCUT2D eigenvalue weighted by atomic mass is 9.97. The van der Waals surface area contributed by atoms with E-state index in [2.05, 4.69) is 12.1 Å². The molecule has 3 nitrogen and oxygen atoms in total. The molecule has 0 aliphatic carbocycles. The Hall–Kier alpha value is -1.35. The predicted molar refractivity (Wildman–Crippen MR) is 66.5 cm³/mol. The van der Waals surface area contributed by atoms with Crippen LogP contribution in [-0.2, 0) is 16.1 Å². The fourth-order valence-electron chi connectivity index (χ4n) is 2.07. The summed E-state index contributed by atoms with van der Waals surface area (Å²) in [7, 11) is 1.86.